The van der Waals surface area contributed by atoms with Crippen LogP contribution < -0.4 is 4.90 Å². The predicted octanol–water partition coefficient (Wildman–Crippen LogP) is 3.90. The molecule has 1 aliphatic heterocycles. The second-order valence-corrected chi connectivity index (χ2v) is 7.92. The van der Waals surface area contributed by atoms with E-state index in [0.29, 0.717) is 0 Å². The number of hydrogen-bond donors (Lipinski definition) is 3. The van der Waals surface area contributed by atoms with Gasteiger partial charge in [0, 0.05) is 42.4 Å². The standard InChI is InChI=1S/C25H23N3O4/c29-20-13-18(14-21(30)15-20)24(31)12-16-1-6-22-23(11-16)27-25(26-22)17-2-4-19(5-3-17)28-7-9-32-10-8-28/h1-6,11,13-15,29-30H,7-10,12H2,(H,26,27). The van der Waals surface area contributed by atoms with E-state index in [-0.39, 0.29) is 29.3 Å². The number of ether oxygens (including phenoxy) is 1. The first-order valence-corrected chi connectivity index (χ1v) is 10.5. The van der Waals surface area contributed by atoms with Crippen LogP contribution in [0.2, 0.25) is 0 Å². The maximum atomic E-state index is 12.6. The zero-order valence-corrected chi connectivity index (χ0v) is 17.4. The maximum Gasteiger partial charge on any atom is 0.167 e. The van der Waals surface area contributed by atoms with E-state index in [0.717, 1.165) is 54.3 Å². The minimum atomic E-state index is -0.186. The topological polar surface area (TPSA) is 98.7 Å². The number of rotatable bonds is 5. The van der Waals surface area contributed by atoms with Gasteiger partial charge in [-0.25, -0.2) is 4.98 Å². The van der Waals surface area contributed by atoms with Gasteiger partial charge in [-0.2, -0.15) is 0 Å². The number of H-pyrrole nitrogens is 1. The third kappa shape index (κ3) is 4.15. The number of aromatic nitrogens is 2. The van der Waals surface area contributed by atoms with Gasteiger partial charge < -0.3 is 24.8 Å². The largest absolute Gasteiger partial charge is 0.508 e. The number of carbonyl (C=O) groups is 1. The number of benzene rings is 3. The summed E-state index contributed by atoms with van der Waals surface area (Å²) in [5.74, 6) is 0.312. The molecule has 3 N–H and O–H groups in total. The monoisotopic (exact) mass is 429 g/mol. The molecule has 1 saturated heterocycles. The Kier molecular flexibility index (Phi) is 5.25. The molecule has 2 heterocycles. The number of anilines is 1. The number of nitrogens with zero attached hydrogens (tertiary/aromatic N) is 2. The Morgan fingerprint density at radius 3 is 2.41 bits per heavy atom. The molecule has 32 heavy (non-hydrogen) atoms. The molecule has 0 saturated carbocycles. The molecule has 0 spiro atoms. The number of morpholine rings is 1. The van der Waals surface area contributed by atoms with E-state index in [1.807, 2.05) is 18.2 Å². The quantitative estimate of drug-likeness (QED) is 0.416. The Labute approximate surface area is 184 Å². The van der Waals surface area contributed by atoms with Crippen molar-refractivity contribution in [2.75, 3.05) is 31.2 Å². The summed E-state index contributed by atoms with van der Waals surface area (Å²) in [7, 11) is 0. The number of Topliss-reactive ketones (excluding diaryl/α,β-unsaturated/α-hetero) is 1. The maximum absolute atomic E-state index is 12.6. The number of phenols is 2. The molecular weight excluding hydrogens is 406 g/mol. The van der Waals surface area contributed by atoms with Crippen molar-refractivity contribution >= 4 is 22.5 Å². The van der Waals surface area contributed by atoms with E-state index in [1.54, 1.807) is 0 Å². The summed E-state index contributed by atoms with van der Waals surface area (Å²) in [6, 6.07) is 17.9. The zero-order valence-electron chi connectivity index (χ0n) is 17.4. The third-order valence-electron chi connectivity index (χ3n) is 5.65. The number of phenolic OH excluding ortho intramolecular Hbond substituents is 2. The Morgan fingerprint density at radius 2 is 1.69 bits per heavy atom. The van der Waals surface area contributed by atoms with Gasteiger partial charge in [-0.3, -0.25) is 4.79 Å². The number of imidazole rings is 1. The number of aromatic hydroxyl groups is 2. The first kappa shape index (κ1) is 20.1. The van der Waals surface area contributed by atoms with Crippen molar-refractivity contribution in [3.63, 3.8) is 0 Å². The van der Waals surface area contributed by atoms with Crippen LogP contribution in [0.4, 0.5) is 5.69 Å². The lowest BCUT2D eigenvalue weighted by molar-refractivity contribution is 0.0992. The first-order chi connectivity index (χ1) is 15.5. The summed E-state index contributed by atoms with van der Waals surface area (Å²) in [5.41, 5.74) is 4.93. The molecule has 0 bridgehead atoms. The van der Waals surface area contributed by atoms with E-state index in [2.05, 4.69) is 39.1 Å². The number of nitrogens with one attached hydrogen (secondary N) is 1. The molecule has 162 valence electrons. The Balaban J connectivity index is 1.35. The molecule has 0 amide bonds. The first-order valence-electron chi connectivity index (χ1n) is 10.5. The van der Waals surface area contributed by atoms with Gasteiger partial charge in [0.05, 0.1) is 24.2 Å². The highest BCUT2D eigenvalue weighted by atomic mass is 16.5. The molecule has 0 unspecified atom stereocenters. The fourth-order valence-corrected chi connectivity index (χ4v) is 4.00. The summed E-state index contributed by atoms with van der Waals surface area (Å²) in [6.07, 6.45) is 0.154. The van der Waals surface area contributed by atoms with Crippen LogP contribution in [-0.2, 0) is 11.2 Å². The van der Waals surface area contributed by atoms with Gasteiger partial charge >= 0.3 is 0 Å². The average Bonchev–Trinajstić information content (AvgIpc) is 3.22. The van der Waals surface area contributed by atoms with Crippen molar-refractivity contribution in [3.05, 3.63) is 71.8 Å². The Hall–Kier alpha value is -3.84. The molecular formula is C25H23N3O4. The van der Waals surface area contributed by atoms with Crippen LogP contribution in [0.3, 0.4) is 0 Å². The van der Waals surface area contributed by atoms with Crippen molar-refractivity contribution < 1.29 is 19.7 Å². The third-order valence-corrected chi connectivity index (χ3v) is 5.65. The molecule has 0 aliphatic carbocycles. The molecule has 0 radical (unpaired) electrons. The highest BCUT2D eigenvalue weighted by Crippen LogP contribution is 2.26. The molecule has 1 aromatic heterocycles. The second kappa shape index (κ2) is 8.36. The van der Waals surface area contributed by atoms with Gasteiger partial charge in [0.25, 0.3) is 0 Å². The Morgan fingerprint density at radius 1 is 0.969 bits per heavy atom. The summed E-state index contributed by atoms with van der Waals surface area (Å²) in [4.78, 5) is 22.9. The molecule has 3 aromatic carbocycles. The summed E-state index contributed by atoms with van der Waals surface area (Å²) in [5, 5.41) is 19.2. The van der Waals surface area contributed by atoms with Crippen LogP contribution in [-0.4, -0.2) is 52.3 Å². The van der Waals surface area contributed by atoms with Gasteiger partial charge in [0.2, 0.25) is 0 Å². The minimum absolute atomic E-state index is 0.137. The lowest BCUT2D eigenvalue weighted by Gasteiger charge is -2.28. The Bertz CT molecular complexity index is 1250. The summed E-state index contributed by atoms with van der Waals surface area (Å²) >= 11 is 0. The van der Waals surface area contributed by atoms with Crippen LogP contribution >= 0.6 is 0 Å². The minimum Gasteiger partial charge on any atom is -0.508 e. The number of aromatic amines is 1. The van der Waals surface area contributed by atoms with E-state index < -0.39 is 0 Å². The lowest BCUT2D eigenvalue weighted by Crippen LogP contribution is -2.36. The number of fused-ring (bicyclic) bond motifs is 1. The molecule has 5 rings (SSSR count). The molecule has 7 nitrogen and oxygen atoms in total. The number of ketones is 1. The van der Waals surface area contributed by atoms with Crippen LogP contribution in [0.15, 0.2) is 60.7 Å². The normalized spacial score (nSPS) is 14.1. The van der Waals surface area contributed by atoms with Crippen LogP contribution in [0.25, 0.3) is 22.4 Å². The van der Waals surface area contributed by atoms with Gasteiger partial charge in [-0.1, -0.05) is 6.07 Å². The van der Waals surface area contributed by atoms with Crippen LogP contribution in [0, 0.1) is 0 Å². The summed E-state index contributed by atoms with van der Waals surface area (Å²) in [6.45, 7) is 3.30. The van der Waals surface area contributed by atoms with E-state index in [1.165, 1.54) is 23.9 Å². The SMILES string of the molecule is O=C(Cc1ccc2nc(-c3ccc(N4CCOCC4)cc3)[nH]c2c1)c1cc(O)cc(O)c1. The average molecular weight is 429 g/mol. The molecule has 1 fully saturated rings. The number of hydrogen-bond acceptors (Lipinski definition) is 6. The van der Waals surface area contributed by atoms with E-state index in [4.69, 9.17) is 4.74 Å². The van der Waals surface area contributed by atoms with Gasteiger partial charge in [0.15, 0.2) is 5.78 Å². The van der Waals surface area contributed by atoms with Gasteiger partial charge in [0.1, 0.15) is 17.3 Å². The van der Waals surface area contributed by atoms with Crippen LogP contribution in [0.1, 0.15) is 15.9 Å². The molecule has 7 heteroatoms. The van der Waals surface area contributed by atoms with Crippen molar-refractivity contribution in [1.29, 1.82) is 0 Å². The number of carbonyl (C=O) groups excluding carboxylic acids is 1. The summed E-state index contributed by atoms with van der Waals surface area (Å²) < 4.78 is 5.42. The fourth-order valence-electron chi connectivity index (χ4n) is 4.00. The van der Waals surface area contributed by atoms with Gasteiger partial charge in [-0.05, 0) is 54.1 Å². The zero-order chi connectivity index (χ0) is 22.1. The highest BCUT2D eigenvalue weighted by molar-refractivity contribution is 5.98. The van der Waals surface area contributed by atoms with Crippen molar-refractivity contribution in [3.8, 4) is 22.9 Å². The van der Waals surface area contributed by atoms with Crippen molar-refractivity contribution in [2.45, 2.75) is 6.42 Å². The van der Waals surface area contributed by atoms with Crippen molar-refractivity contribution in [1.82, 2.24) is 9.97 Å². The van der Waals surface area contributed by atoms with Crippen molar-refractivity contribution in [2.24, 2.45) is 0 Å². The predicted molar refractivity (Wildman–Crippen MR) is 122 cm³/mol. The van der Waals surface area contributed by atoms with Crippen LogP contribution in [0.5, 0.6) is 11.5 Å². The second-order valence-electron chi connectivity index (χ2n) is 7.92. The smallest absolute Gasteiger partial charge is 0.167 e. The lowest BCUT2D eigenvalue weighted by atomic mass is 10.0. The van der Waals surface area contributed by atoms with Gasteiger partial charge in [-0.15, -0.1) is 0 Å². The van der Waals surface area contributed by atoms with E-state index >= 15 is 0 Å². The highest BCUT2D eigenvalue weighted by Gasteiger charge is 2.13. The molecule has 0 atom stereocenters. The fraction of sp³-hybridized carbons (Fsp3) is 0.200. The molecule has 4 aromatic rings. The van der Waals surface area contributed by atoms with E-state index in [9.17, 15) is 15.0 Å². The molecule has 1 aliphatic rings.